The third-order valence-electron chi connectivity index (χ3n) is 5.26. The summed E-state index contributed by atoms with van der Waals surface area (Å²) in [6.45, 7) is -0.599. The van der Waals surface area contributed by atoms with Crippen LogP contribution >= 0.6 is 7.82 Å². The van der Waals surface area contributed by atoms with E-state index in [1.807, 2.05) is 0 Å². The first-order chi connectivity index (χ1) is 15.9. The highest BCUT2D eigenvalue weighted by Gasteiger charge is 2.47. The van der Waals surface area contributed by atoms with Crippen molar-refractivity contribution < 1.29 is 48.3 Å². The number of hydrogen-bond acceptors (Lipinski definition) is 9. The van der Waals surface area contributed by atoms with Crippen LogP contribution in [0.2, 0.25) is 0 Å². The van der Waals surface area contributed by atoms with Crippen LogP contribution in [0.5, 0.6) is 0 Å². The van der Waals surface area contributed by atoms with Gasteiger partial charge in [0.1, 0.15) is 18.3 Å². The highest BCUT2D eigenvalue weighted by molar-refractivity contribution is 7.46. The number of nitrogens with two attached hydrogens (primary N) is 1. The predicted molar refractivity (Wildman–Crippen MR) is 111 cm³/mol. The number of nitrogens with one attached hydrogen (secondary N) is 1. The smallest absolute Gasteiger partial charge is 0.469 e. The topological polar surface area (TPSA) is 234 Å². The van der Waals surface area contributed by atoms with Gasteiger partial charge in [0.15, 0.2) is 6.33 Å². The van der Waals surface area contributed by atoms with Gasteiger partial charge in [-0.1, -0.05) is 17.1 Å². The van der Waals surface area contributed by atoms with Gasteiger partial charge in [0.2, 0.25) is 11.7 Å². The van der Waals surface area contributed by atoms with Gasteiger partial charge in [-0.2, -0.15) is 0 Å². The lowest BCUT2D eigenvalue weighted by Crippen LogP contribution is -2.46. The van der Waals surface area contributed by atoms with E-state index in [1.54, 1.807) is 12.1 Å². The number of ether oxygens (including phenoxy) is 1. The summed E-state index contributed by atoms with van der Waals surface area (Å²) >= 11 is 0. The van der Waals surface area contributed by atoms with Crippen molar-refractivity contribution in [3.8, 4) is 0 Å². The van der Waals surface area contributed by atoms with E-state index in [0.717, 1.165) is 0 Å². The Morgan fingerprint density at radius 3 is 2.56 bits per heavy atom. The first-order valence-corrected chi connectivity index (χ1v) is 11.3. The Hall–Kier alpha value is -3.17. The molecular formula is C18H21N5O10P+. The predicted octanol–water partition coefficient (Wildman–Crippen LogP) is -1.93. The second kappa shape index (κ2) is 8.88. The number of rotatable bonds is 7. The van der Waals surface area contributed by atoms with E-state index >= 15 is 0 Å². The normalized spacial score (nSPS) is 22.9. The highest BCUT2D eigenvalue weighted by atomic mass is 31.2. The average molecular weight is 498 g/mol. The maximum atomic E-state index is 12.7. The number of aromatic carboxylic acids is 1. The molecule has 34 heavy (non-hydrogen) atoms. The molecule has 16 heteroatoms. The largest absolute Gasteiger partial charge is 0.478 e. The van der Waals surface area contributed by atoms with Crippen molar-refractivity contribution in [3.05, 3.63) is 52.1 Å². The van der Waals surface area contributed by atoms with Gasteiger partial charge in [0, 0.05) is 0 Å². The van der Waals surface area contributed by atoms with E-state index in [2.05, 4.69) is 14.5 Å². The highest BCUT2D eigenvalue weighted by Crippen LogP contribution is 2.37. The van der Waals surface area contributed by atoms with E-state index in [9.17, 15) is 24.4 Å². The van der Waals surface area contributed by atoms with Gasteiger partial charge in [-0.25, -0.2) is 13.9 Å². The molecular weight excluding hydrogens is 477 g/mol. The van der Waals surface area contributed by atoms with Crippen LogP contribution in [0.3, 0.4) is 0 Å². The van der Waals surface area contributed by atoms with Crippen molar-refractivity contribution in [2.75, 3.05) is 12.3 Å². The summed E-state index contributed by atoms with van der Waals surface area (Å²) in [6, 6.07) is 5.95. The van der Waals surface area contributed by atoms with E-state index in [1.165, 1.54) is 27.6 Å². The number of anilines is 1. The SMILES string of the molecule is Nc1nc2c(c(=O)[nH]1)n(Cc1ccc(C(=O)O)cc1)c[n+]2[C@@H]1O[C@H](COP(=O)(O)O)[C@@H](O)[C@H]1O. The minimum Gasteiger partial charge on any atom is -0.478 e. The Morgan fingerprint density at radius 1 is 1.26 bits per heavy atom. The van der Waals surface area contributed by atoms with E-state index in [4.69, 9.17) is 25.4 Å². The van der Waals surface area contributed by atoms with Crippen LogP contribution in [0.4, 0.5) is 5.95 Å². The fourth-order valence-electron chi connectivity index (χ4n) is 3.70. The minimum atomic E-state index is -4.85. The molecule has 1 aromatic carbocycles. The van der Waals surface area contributed by atoms with Gasteiger partial charge in [-0.05, 0) is 17.7 Å². The molecule has 1 saturated heterocycles. The van der Waals surface area contributed by atoms with Gasteiger partial charge in [0.25, 0.3) is 11.5 Å². The number of carboxylic acids is 1. The lowest BCUT2D eigenvalue weighted by atomic mass is 10.1. The quantitative estimate of drug-likeness (QED) is 0.139. The molecule has 0 unspecified atom stereocenters. The third kappa shape index (κ3) is 4.71. The van der Waals surface area contributed by atoms with E-state index in [-0.39, 0.29) is 29.2 Å². The third-order valence-corrected chi connectivity index (χ3v) is 5.75. The molecule has 2 aromatic heterocycles. The van der Waals surface area contributed by atoms with E-state index in [0.29, 0.717) is 5.56 Å². The Morgan fingerprint density at radius 2 is 1.94 bits per heavy atom. The molecule has 182 valence electrons. The summed E-state index contributed by atoms with van der Waals surface area (Å²) < 4.78 is 23.7. The molecule has 3 heterocycles. The number of imidazole rings is 1. The number of H-pyrrole nitrogens is 1. The number of benzene rings is 1. The number of phosphoric ester groups is 1. The van der Waals surface area contributed by atoms with Crippen molar-refractivity contribution in [1.82, 2.24) is 14.5 Å². The van der Waals surface area contributed by atoms with Crippen molar-refractivity contribution in [1.29, 1.82) is 0 Å². The lowest BCUT2D eigenvalue weighted by molar-refractivity contribution is -0.745. The summed E-state index contributed by atoms with van der Waals surface area (Å²) in [5, 5.41) is 29.9. The van der Waals surface area contributed by atoms with Gasteiger partial charge in [0.05, 0.1) is 18.7 Å². The minimum absolute atomic E-state index is 0.0104. The summed E-state index contributed by atoms with van der Waals surface area (Å²) in [7, 11) is -4.85. The van der Waals surface area contributed by atoms with Crippen LogP contribution < -0.4 is 15.9 Å². The standard InChI is InChI=1S/C18H20N5O10P/c19-18-20-14-11(15(26)21-18)22(5-8-1-3-9(4-2-8)17(27)28)7-23(14)16-13(25)12(24)10(33-16)6-32-34(29,30)31/h1-4,7,10,12-13,16,24-25H,5-6H2,(H5-,19,20,21,26,27,28,29,30,31)/p+1/t10-,12-,13-,16-/m1/s1. The first kappa shape index (κ1) is 24.0. The van der Waals surface area contributed by atoms with Crippen molar-refractivity contribution in [2.24, 2.45) is 0 Å². The van der Waals surface area contributed by atoms with Crippen molar-refractivity contribution in [3.63, 3.8) is 0 Å². The Labute approximate surface area is 189 Å². The Balaban J connectivity index is 1.71. The molecule has 0 saturated carbocycles. The van der Waals surface area contributed by atoms with Crippen LogP contribution in [0.25, 0.3) is 11.2 Å². The molecule has 0 spiro atoms. The number of fused-ring (bicyclic) bond motifs is 1. The number of nitrogens with zero attached hydrogens (tertiary/aromatic N) is 3. The fourth-order valence-corrected chi connectivity index (χ4v) is 4.04. The van der Waals surface area contributed by atoms with Gasteiger partial charge in [-0.15, -0.1) is 0 Å². The van der Waals surface area contributed by atoms with Gasteiger partial charge < -0.3 is 35.6 Å². The molecule has 4 atom stereocenters. The molecule has 4 rings (SSSR count). The molecule has 1 aliphatic heterocycles. The molecule has 0 radical (unpaired) electrons. The molecule has 15 nitrogen and oxygen atoms in total. The molecule has 1 aliphatic rings. The number of aliphatic hydroxyl groups excluding tert-OH is 2. The number of carbonyl (C=O) groups is 1. The Bertz CT molecular complexity index is 1330. The molecule has 1 fully saturated rings. The number of nitrogen functional groups attached to an aromatic ring is 1. The number of hydrogen-bond donors (Lipinski definition) is 7. The van der Waals surface area contributed by atoms with E-state index < -0.39 is 50.5 Å². The summed E-state index contributed by atoms with van der Waals surface area (Å²) in [6.07, 6.45) is -4.32. The number of aromatic amines is 1. The number of aromatic nitrogens is 4. The van der Waals surface area contributed by atoms with Crippen LogP contribution in [0.1, 0.15) is 22.1 Å². The molecule has 0 bridgehead atoms. The number of aliphatic hydroxyl groups is 2. The maximum Gasteiger partial charge on any atom is 0.469 e. The van der Waals surface area contributed by atoms with Crippen LogP contribution in [-0.2, 0) is 20.4 Å². The maximum absolute atomic E-state index is 12.7. The molecule has 0 amide bonds. The zero-order chi connectivity index (χ0) is 24.8. The zero-order valence-electron chi connectivity index (χ0n) is 17.3. The average Bonchev–Trinajstić information content (AvgIpc) is 3.24. The second-order valence-electron chi connectivity index (χ2n) is 7.61. The monoisotopic (exact) mass is 498 g/mol. The summed E-state index contributed by atoms with van der Waals surface area (Å²) in [5.74, 6) is -1.31. The summed E-state index contributed by atoms with van der Waals surface area (Å²) in [5.41, 5.74) is 5.87. The zero-order valence-corrected chi connectivity index (χ0v) is 18.1. The second-order valence-corrected chi connectivity index (χ2v) is 8.85. The van der Waals surface area contributed by atoms with Gasteiger partial charge in [-0.3, -0.25) is 18.9 Å². The first-order valence-electron chi connectivity index (χ1n) is 9.78. The van der Waals surface area contributed by atoms with Crippen LogP contribution in [0.15, 0.2) is 35.4 Å². The molecule has 3 aromatic rings. The van der Waals surface area contributed by atoms with Crippen LogP contribution in [-0.4, -0.2) is 70.5 Å². The Kier molecular flexibility index (Phi) is 6.26. The summed E-state index contributed by atoms with van der Waals surface area (Å²) in [4.78, 5) is 48.0. The number of phosphoric acid groups is 1. The lowest BCUT2D eigenvalue weighted by Gasteiger charge is -2.14. The van der Waals surface area contributed by atoms with Gasteiger partial charge >= 0.3 is 19.4 Å². The molecule has 0 aliphatic carbocycles. The van der Waals surface area contributed by atoms with Crippen LogP contribution in [0, 0.1) is 0 Å². The molecule has 8 N–H and O–H groups in total. The van der Waals surface area contributed by atoms with Crippen molar-refractivity contribution in [2.45, 2.75) is 31.1 Å². The number of carboxylic acid groups (broad SMARTS) is 1. The van der Waals surface area contributed by atoms with Crippen molar-refractivity contribution >= 4 is 30.9 Å². The fraction of sp³-hybridized carbons (Fsp3) is 0.333.